The van der Waals surface area contributed by atoms with Crippen LogP contribution in [0.5, 0.6) is 0 Å². The van der Waals surface area contributed by atoms with E-state index in [1.165, 1.54) is 0 Å². The number of hydrogen-bond donors (Lipinski definition) is 8. The van der Waals surface area contributed by atoms with Gasteiger partial charge < -0.3 is 43.1 Å². The maximum Gasteiger partial charge on any atom is 0.220 e. The molecule has 0 aromatic carbocycles. The SMILES string of the molecule is C/C(=N/O)C(C)(C)NCCC(CCNC(=O)CCCC(=O)NC1CC[C@@H](N)[C@@H](N)C1)CCNC(C)(C)/C(C)=N\O. The van der Waals surface area contributed by atoms with Crippen LogP contribution < -0.4 is 32.7 Å². The lowest BCUT2D eigenvalue weighted by Crippen LogP contribution is -2.51. The van der Waals surface area contributed by atoms with Crippen molar-refractivity contribution in [2.45, 2.75) is 129 Å². The standard InChI is InChI=1S/C28H56N8O4/c1-19(35-39)27(3,4)32-16-13-21(14-17-33-28(5,6)20(2)36-40)12-15-31-25(37)8-7-9-26(38)34-22-10-11-23(29)24(30)18-22/h21-24,32-33,39-40H,7-18,29-30H2,1-6H3,(H,31,37)(H,34,38)/b35-19-,36-20-/t22?,23-,24+/m1/s1. The van der Waals surface area contributed by atoms with Crippen LogP contribution in [0.1, 0.15) is 99.3 Å². The van der Waals surface area contributed by atoms with E-state index < -0.39 is 11.1 Å². The Morgan fingerprint density at radius 1 is 0.825 bits per heavy atom. The molecule has 0 spiro atoms. The van der Waals surface area contributed by atoms with Crippen molar-refractivity contribution in [3.8, 4) is 0 Å². The summed E-state index contributed by atoms with van der Waals surface area (Å²) in [4.78, 5) is 24.7. The number of carbonyl (C=O) groups is 2. The quantitative estimate of drug-likeness (QED) is 0.0695. The lowest BCUT2D eigenvalue weighted by molar-refractivity contribution is -0.123. The van der Waals surface area contributed by atoms with Crippen molar-refractivity contribution >= 4 is 23.2 Å². The molecule has 1 aliphatic rings. The first kappa shape index (κ1) is 35.7. The predicted molar refractivity (Wildman–Crippen MR) is 160 cm³/mol. The van der Waals surface area contributed by atoms with E-state index in [9.17, 15) is 9.59 Å². The van der Waals surface area contributed by atoms with E-state index in [2.05, 4.69) is 31.6 Å². The molecular formula is C28H56N8O4. The molecular weight excluding hydrogens is 512 g/mol. The van der Waals surface area contributed by atoms with E-state index in [4.69, 9.17) is 21.9 Å². The van der Waals surface area contributed by atoms with Crippen molar-refractivity contribution in [3.05, 3.63) is 0 Å². The number of nitrogens with zero attached hydrogens (tertiary/aromatic N) is 2. The summed E-state index contributed by atoms with van der Waals surface area (Å²) in [6.07, 6.45) is 6.01. The summed E-state index contributed by atoms with van der Waals surface area (Å²) in [7, 11) is 0. The van der Waals surface area contributed by atoms with E-state index in [1.807, 2.05) is 27.7 Å². The van der Waals surface area contributed by atoms with Crippen LogP contribution in [0.15, 0.2) is 10.3 Å². The van der Waals surface area contributed by atoms with Gasteiger partial charge in [-0.05, 0) is 105 Å². The zero-order chi connectivity index (χ0) is 30.3. The van der Waals surface area contributed by atoms with Crippen LogP contribution in [0.2, 0.25) is 0 Å². The van der Waals surface area contributed by atoms with E-state index in [0.29, 0.717) is 49.6 Å². The third kappa shape index (κ3) is 13.4. The van der Waals surface area contributed by atoms with Crippen molar-refractivity contribution in [3.63, 3.8) is 0 Å². The minimum atomic E-state index is -0.426. The molecule has 1 fully saturated rings. The summed E-state index contributed by atoms with van der Waals surface area (Å²) in [6, 6.07) is -0.0273. The molecule has 0 aliphatic heterocycles. The number of rotatable bonds is 18. The fraction of sp³-hybridized carbons (Fsp3) is 0.857. The van der Waals surface area contributed by atoms with Crippen molar-refractivity contribution in [1.29, 1.82) is 0 Å². The summed E-state index contributed by atoms with van der Waals surface area (Å²) >= 11 is 0. The molecule has 10 N–H and O–H groups in total. The van der Waals surface area contributed by atoms with Crippen LogP contribution in [-0.4, -0.2) is 82.5 Å². The van der Waals surface area contributed by atoms with Crippen molar-refractivity contribution < 1.29 is 20.0 Å². The molecule has 0 saturated heterocycles. The number of nitrogens with one attached hydrogen (secondary N) is 4. The molecule has 1 rings (SSSR count). The molecule has 12 nitrogen and oxygen atoms in total. The van der Waals surface area contributed by atoms with Gasteiger partial charge in [0, 0.05) is 37.5 Å². The second kappa shape index (κ2) is 17.5. The molecule has 12 heteroatoms. The van der Waals surface area contributed by atoms with E-state index in [-0.39, 0.29) is 29.9 Å². The van der Waals surface area contributed by atoms with Gasteiger partial charge >= 0.3 is 0 Å². The molecule has 0 radical (unpaired) electrons. The number of oxime groups is 2. The monoisotopic (exact) mass is 568 g/mol. The summed E-state index contributed by atoms with van der Waals surface area (Å²) in [6.45, 7) is 13.4. The van der Waals surface area contributed by atoms with Gasteiger partial charge in [-0.1, -0.05) is 10.3 Å². The maximum absolute atomic E-state index is 12.4. The van der Waals surface area contributed by atoms with Crippen LogP contribution in [0.4, 0.5) is 0 Å². The molecule has 1 aliphatic carbocycles. The smallest absolute Gasteiger partial charge is 0.220 e. The fourth-order valence-corrected chi connectivity index (χ4v) is 4.69. The Morgan fingerprint density at radius 2 is 1.32 bits per heavy atom. The Balaban J connectivity index is 2.46. The van der Waals surface area contributed by atoms with Crippen molar-refractivity contribution in [1.82, 2.24) is 21.3 Å². The van der Waals surface area contributed by atoms with Gasteiger partial charge in [0.15, 0.2) is 0 Å². The highest BCUT2D eigenvalue weighted by atomic mass is 16.4. The van der Waals surface area contributed by atoms with Gasteiger partial charge in [0.05, 0.1) is 22.5 Å². The van der Waals surface area contributed by atoms with Gasteiger partial charge in [-0.3, -0.25) is 9.59 Å². The zero-order valence-corrected chi connectivity index (χ0v) is 25.6. The number of amides is 2. The third-order valence-corrected chi connectivity index (χ3v) is 8.35. The molecule has 1 saturated carbocycles. The molecule has 0 aromatic rings. The molecule has 40 heavy (non-hydrogen) atoms. The second-order valence-electron chi connectivity index (χ2n) is 12.3. The van der Waals surface area contributed by atoms with E-state index in [1.54, 1.807) is 13.8 Å². The molecule has 2 amide bonds. The Morgan fingerprint density at radius 3 is 1.82 bits per heavy atom. The normalized spacial score (nSPS) is 21.6. The Bertz CT molecular complexity index is 810. The fourth-order valence-electron chi connectivity index (χ4n) is 4.69. The van der Waals surface area contributed by atoms with Gasteiger partial charge in [-0.15, -0.1) is 0 Å². The first-order valence-corrected chi connectivity index (χ1v) is 14.7. The Hall–Kier alpha value is -2.28. The first-order valence-electron chi connectivity index (χ1n) is 14.7. The lowest BCUT2D eigenvalue weighted by atomic mass is 9.88. The molecule has 232 valence electrons. The van der Waals surface area contributed by atoms with Crippen LogP contribution in [0.3, 0.4) is 0 Å². The van der Waals surface area contributed by atoms with Gasteiger partial charge in [0.1, 0.15) is 0 Å². The zero-order valence-electron chi connectivity index (χ0n) is 25.6. The van der Waals surface area contributed by atoms with Gasteiger partial charge in [0.25, 0.3) is 0 Å². The summed E-state index contributed by atoms with van der Waals surface area (Å²) in [5, 5.41) is 37.8. The molecule has 3 atom stereocenters. The van der Waals surface area contributed by atoms with Gasteiger partial charge in [-0.2, -0.15) is 0 Å². The van der Waals surface area contributed by atoms with E-state index >= 15 is 0 Å². The number of hydrogen-bond acceptors (Lipinski definition) is 10. The second-order valence-corrected chi connectivity index (χ2v) is 12.3. The summed E-state index contributed by atoms with van der Waals surface area (Å²) in [5.41, 5.74) is 12.3. The number of nitrogens with two attached hydrogens (primary N) is 2. The van der Waals surface area contributed by atoms with Crippen molar-refractivity contribution in [2.24, 2.45) is 27.7 Å². The molecule has 0 aromatic heterocycles. The average molecular weight is 569 g/mol. The molecule has 1 unspecified atom stereocenters. The summed E-state index contributed by atoms with van der Waals surface area (Å²) < 4.78 is 0. The minimum Gasteiger partial charge on any atom is -0.411 e. The van der Waals surface area contributed by atoms with Crippen LogP contribution >= 0.6 is 0 Å². The highest BCUT2D eigenvalue weighted by Gasteiger charge is 2.26. The third-order valence-electron chi connectivity index (χ3n) is 8.35. The van der Waals surface area contributed by atoms with Crippen LogP contribution in [-0.2, 0) is 9.59 Å². The highest BCUT2D eigenvalue weighted by Crippen LogP contribution is 2.17. The Labute approximate surface area is 240 Å². The minimum absolute atomic E-state index is 0.00233. The average Bonchev–Trinajstić information content (AvgIpc) is 2.89. The predicted octanol–water partition coefficient (Wildman–Crippen LogP) is 1.82. The lowest BCUT2D eigenvalue weighted by Gasteiger charge is -2.32. The Kier molecular flexibility index (Phi) is 15.7. The van der Waals surface area contributed by atoms with Gasteiger partial charge in [0.2, 0.25) is 11.8 Å². The summed E-state index contributed by atoms with van der Waals surface area (Å²) in [5.74, 6) is 0.222. The largest absolute Gasteiger partial charge is 0.411 e. The topological polar surface area (TPSA) is 199 Å². The maximum atomic E-state index is 12.4. The van der Waals surface area contributed by atoms with E-state index in [0.717, 1.165) is 45.2 Å². The highest BCUT2D eigenvalue weighted by molar-refractivity contribution is 5.90. The molecule has 0 heterocycles. The first-order chi connectivity index (χ1) is 18.7. The van der Waals surface area contributed by atoms with Crippen molar-refractivity contribution in [2.75, 3.05) is 19.6 Å². The van der Waals surface area contributed by atoms with Gasteiger partial charge in [-0.25, -0.2) is 0 Å². The van der Waals surface area contributed by atoms with Crippen LogP contribution in [0, 0.1) is 5.92 Å². The number of carbonyl (C=O) groups excluding carboxylic acids is 2. The van der Waals surface area contributed by atoms with Crippen LogP contribution in [0.25, 0.3) is 0 Å². The molecule has 0 bridgehead atoms.